The molecule has 1 saturated heterocycles. The van der Waals surface area contributed by atoms with Crippen LogP contribution < -0.4 is 4.74 Å². The van der Waals surface area contributed by atoms with Gasteiger partial charge in [0.15, 0.2) is 0 Å². The molecule has 1 N–H and O–H groups in total. The summed E-state index contributed by atoms with van der Waals surface area (Å²) >= 11 is 5.76. The van der Waals surface area contributed by atoms with Gasteiger partial charge in [0.2, 0.25) is 0 Å². The zero-order chi connectivity index (χ0) is 13.0. The van der Waals surface area contributed by atoms with Crippen LogP contribution >= 0.6 is 11.6 Å². The van der Waals surface area contributed by atoms with Gasteiger partial charge in [-0.2, -0.15) is 0 Å². The number of rotatable bonds is 5. The summed E-state index contributed by atoms with van der Waals surface area (Å²) in [7, 11) is 0. The minimum atomic E-state index is -0.834. The molecule has 2 unspecified atom stereocenters. The van der Waals surface area contributed by atoms with Gasteiger partial charge in [-0.15, -0.1) is 0 Å². The van der Waals surface area contributed by atoms with Gasteiger partial charge in [0.25, 0.3) is 0 Å². The second kappa shape index (κ2) is 6.07. The highest BCUT2D eigenvalue weighted by Gasteiger charge is 2.31. The van der Waals surface area contributed by atoms with Crippen molar-refractivity contribution in [1.82, 2.24) is 0 Å². The maximum atomic E-state index is 11.2. The number of carboxylic acid groups (broad SMARTS) is 1. The lowest BCUT2D eigenvalue weighted by atomic mass is 9.92. The highest BCUT2D eigenvalue weighted by molar-refractivity contribution is 6.30. The first kappa shape index (κ1) is 13.2. The molecule has 2 atom stereocenters. The summed E-state index contributed by atoms with van der Waals surface area (Å²) in [6.07, 6.45) is 0.779. The zero-order valence-corrected chi connectivity index (χ0v) is 10.6. The number of carboxylic acids is 1. The van der Waals surface area contributed by atoms with E-state index in [1.807, 2.05) is 0 Å². The van der Waals surface area contributed by atoms with Crippen molar-refractivity contribution < 1.29 is 19.4 Å². The molecular weight excluding hydrogens is 256 g/mol. The highest BCUT2D eigenvalue weighted by Crippen LogP contribution is 2.24. The summed E-state index contributed by atoms with van der Waals surface area (Å²) in [5.41, 5.74) is 0. The van der Waals surface area contributed by atoms with Crippen molar-refractivity contribution in [1.29, 1.82) is 0 Å². The average molecular weight is 271 g/mol. The first-order valence-electron chi connectivity index (χ1n) is 5.85. The van der Waals surface area contributed by atoms with Crippen LogP contribution in [0.3, 0.4) is 0 Å². The van der Waals surface area contributed by atoms with Gasteiger partial charge in [-0.1, -0.05) is 11.6 Å². The van der Waals surface area contributed by atoms with Crippen molar-refractivity contribution in [3.05, 3.63) is 29.3 Å². The van der Waals surface area contributed by atoms with Crippen molar-refractivity contribution in [2.24, 2.45) is 11.8 Å². The van der Waals surface area contributed by atoms with E-state index in [4.69, 9.17) is 21.1 Å². The second-order valence-corrected chi connectivity index (χ2v) is 4.77. The number of hydrogen-bond acceptors (Lipinski definition) is 3. The van der Waals surface area contributed by atoms with Crippen LogP contribution in [0.25, 0.3) is 0 Å². The normalized spacial score (nSPS) is 20.6. The molecule has 1 heterocycles. The molecule has 18 heavy (non-hydrogen) atoms. The van der Waals surface area contributed by atoms with E-state index < -0.39 is 11.9 Å². The van der Waals surface area contributed by atoms with E-state index in [2.05, 4.69) is 0 Å². The number of halogens is 1. The summed E-state index contributed by atoms with van der Waals surface area (Å²) in [4.78, 5) is 11.2. The van der Waals surface area contributed by atoms with Gasteiger partial charge >= 0.3 is 5.97 Å². The van der Waals surface area contributed by atoms with Crippen LogP contribution in [0.15, 0.2) is 24.3 Å². The molecule has 0 radical (unpaired) electrons. The Labute approximate surface area is 110 Å². The van der Waals surface area contributed by atoms with Crippen LogP contribution in [-0.2, 0) is 9.53 Å². The number of ether oxygens (including phenoxy) is 2. The maximum absolute atomic E-state index is 11.2. The van der Waals surface area contributed by atoms with Gasteiger partial charge in [-0.25, -0.2) is 0 Å². The molecule has 0 bridgehead atoms. The third kappa shape index (κ3) is 3.37. The Morgan fingerprint density at radius 2 is 2.22 bits per heavy atom. The van der Waals surface area contributed by atoms with E-state index >= 15 is 0 Å². The molecule has 0 amide bonds. The number of aliphatic carboxylic acids is 1. The smallest absolute Gasteiger partial charge is 0.310 e. The van der Waals surface area contributed by atoms with E-state index in [0.29, 0.717) is 24.0 Å². The van der Waals surface area contributed by atoms with Crippen LogP contribution in [0.5, 0.6) is 5.75 Å². The van der Waals surface area contributed by atoms with Gasteiger partial charge in [-0.05, 0) is 30.7 Å². The molecule has 0 aliphatic carbocycles. The number of carbonyl (C=O) groups is 1. The molecular formula is C13H15ClO4. The van der Waals surface area contributed by atoms with Gasteiger partial charge in [0.1, 0.15) is 12.4 Å². The largest absolute Gasteiger partial charge is 0.493 e. The highest BCUT2D eigenvalue weighted by atomic mass is 35.5. The summed E-state index contributed by atoms with van der Waals surface area (Å²) in [6.45, 7) is 1.29. The first-order valence-corrected chi connectivity index (χ1v) is 6.23. The fraction of sp³-hybridized carbons (Fsp3) is 0.462. The van der Waals surface area contributed by atoms with E-state index in [1.54, 1.807) is 24.3 Å². The molecule has 0 saturated carbocycles. The fourth-order valence-corrected chi connectivity index (χ4v) is 2.12. The number of benzene rings is 1. The van der Waals surface area contributed by atoms with Crippen LogP contribution in [-0.4, -0.2) is 30.9 Å². The molecule has 1 aliphatic heterocycles. The Hall–Kier alpha value is -1.26. The van der Waals surface area contributed by atoms with E-state index in [0.717, 1.165) is 6.42 Å². The third-order valence-corrected chi connectivity index (χ3v) is 3.35. The van der Waals surface area contributed by atoms with Gasteiger partial charge in [0, 0.05) is 17.5 Å². The van der Waals surface area contributed by atoms with Crippen molar-refractivity contribution in [3.63, 3.8) is 0 Å². The molecule has 0 aromatic heterocycles. The SMILES string of the molecule is O=C(O)C(COc1ccc(Cl)cc1)C1CCOC1. The first-order chi connectivity index (χ1) is 8.66. The molecule has 1 aromatic carbocycles. The molecule has 2 rings (SSSR count). The molecule has 4 nitrogen and oxygen atoms in total. The van der Waals surface area contributed by atoms with Crippen LogP contribution in [0.1, 0.15) is 6.42 Å². The Morgan fingerprint density at radius 1 is 1.50 bits per heavy atom. The van der Waals surface area contributed by atoms with Crippen molar-refractivity contribution in [2.45, 2.75) is 6.42 Å². The van der Waals surface area contributed by atoms with Crippen molar-refractivity contribution in [2.75, 3.05) is 19.8 Å². The Kier molecular flexibility index (Phi) is 4.44. The van der Waals surface area contributed by atoms with Gasteiger partial charge in [-0.3, -0.25) is 4.79 Å². The van der Waals surface area contributed by atoms with Gasteiger partial charge in [0.05, 0.1) is 12.5 Å². The standard InChI is InChI=1S/C13H15ClO4/c14-10-1-3-11(4-2-10)18-8-12(13(15)16)9-5-6-17-7-9/h1-4,9,12H,5-8H2,(H,15,16). The maximum Gasteiger partial charge on any atom is 0.310 e. The Morgan fingerprint density at radius 3 is 2.78 bits per heavy atom. The quantitative estimate of drug-likeness (QED) is 0.893. The predicted octanol–water partition coefficient (Wildman–Crippen LogP) is 2.46. The minimum absolute atomic E-state index is 0.0369. The zero-order valence-electron chi connectivity index (χ0n) is 9.84. The summed E-state index contributed by atoms with van der Waals surface area (Å²) < 4.78 is 10.7. The van der Waals surface area contributed by atoms with E-state index in [-0.39, 0.29) is 12.5 Å². The lowest BCUT2D eigenvalue weighted by Crippen LogP contribution is -2.29. The summed E-state index contributed by atoms with van der Waals surface area (Å²) in [5, 5.41) is 9.83. The van der Waals surface area contributed by atoms with Crippen LogP contribution in [0, 0.1) is 11.8 Å². The van der Waals surface area contributed by atoms with Crippen molar-refractivity contribution >= 4 is 17.6 Å². The summed E-state index contributed by atoms with van der Waals surface area (Å²) in [5.74, 6) is -0.693. The topological polar surface area (TPSA) is 55.8 Å². The van der Waals surface area contributed by atoms with Crippen LogP contribution in [0.4, 0.5) is 0 Å². The van der Waals surface area contributed by atoms with Gasteiger partial charge < -0.3 is 14.6 Å². The average Bonchev–Trinajstić information content (AvgIpc) is 2.85. The summed E-state index contributed by atoms with van der Waals surface area (Å²) in [6, 6.07) is 6.88. The molecule has 1 aliphatic rings. The van der Waals surface area contributed by atoms with E-state index in [9.17, 15) is 9.90 Å². The molecule has 98 valence electrons. The monoisotopic (exact) mass is 270 g/mol. The second-order valence-electron chi connectivity index (χ2n) is 4.33. The Bertz CT molecular complexity index is 398. The lowest BCUT2D eigenvalue weighted by molar-refractivity contribution is -0.145. The van der Waals surface area contributed by atoms with Crippen LogP contribution in [0.2, 0.25) is 5.02 Å². The third-order valence-electron chi connectivity index (χ3n) is 3.09. The Balaban J connectivity index is 1.93. The predicted molar refractivity (Wildman–Crippen MR) is 67.0 cm³/mol. The minimum Gasteiger partial charge on any atom is -0.493 e. The number of hydrogen-bond donors (Lipinski definition) is 1. The molecule has 1 aromatic rings. The molecule has 5 heteroatoms. The van der Waals surface area contributed by atoms with Crippen molar-refractivity contribution in [3.8, 4) is 5.75 Å². The molecule has 0 spiro atoms. The fourth-order valence-electron chi connectivity index (χ4n) is 2.00. The van der Waals surface area contributed by atoms with E-state index in [1.165, 1.54) is 0 Å². The molecule has 1 fully saturated rings. The lowest BCUT2D eigenvalue weighted by Gasteiger charge is -2.18.